The van der Waals surface area contributed by atoms with Crippen LogP contribution in [0, 0.1) is 12.8 Å². The van der Waals surface area contributed by atoms with Crippen LogP contribution in [0.4, 0.5) is 0 Å². The average Bonchev–Trinajstić information content (AvgIpc) is 2.33. The van der Waals surface area contributed by atoms with Gasteiger partial charge in [-0.1, -0.05) is 55.7 Å². The van der Waals surface area contributed by atoms with E-state index in [1.54, 1.807) is 0 Å². The Morgan fingerprint density at radius 2 is 1.94 bits per heavy atom. The highest BCUT2D eigenvalue weighted by Gasteiger charge is 2.23. The van der Waals surface area contributed by atoms with Crippen LogP contribution in [-0.4, -0.2) is 5.78 Å². The van der Waals surface area contributed by atoms with Crippen molar-refractivity contribution in [3.05, 3.63) is 47.5 Å². The largest absolute Gasteiger partial charge is 0.294 e. The first kappa shape index (κ1) is 11.5. The Kier molecular flexibility index (Phi) is 2.91. The van der Waals surface area contributed by atoms with Crippen molar-refractivity contribution < 1.29 is 4.79 Å². The van der Waals surface area contributed by atoms with Crippen LogP contribution >= 0.6 is 0 Å². The first-order chi connectivity index (χ1) is 8.75. The Morgan fingerprint density at radius 1 is 1.17 bits per heavy atom. The number of aryl methyl sites for hydroxylation is 1. The molecule has 1 aliphatic carbocycles. The van der Waals surface area contributed by atoms with Crippen molar-refractivity contribution in [1.29, 1.82) is 0 Å². The minimum Gasteiger partial charge on any atom is -0.294 e. The quantitative estimate of drug-likeness (QED) is 0.718. The second-order valence-electron chi connectivity index (χ2n) is 5.40. The predicted molar refractivity (Wildman–Crippen MR) is 75.0 cm³/mol. The molecule has 0 amide bonds. The van der Waals surface area contributed by atoms with Gasteiger partial charge in [-0.25, -0.2) is 0 Å². The third-order valence-corrected chi connectivity index (χ3v) is 4.12. The molecule has 1 nitrogen and oxygen atoms in total. The summed E-state index contributed by atoms with van der Waals surface area (Å²) in [6.07, 6.45) is 4.49. The molecule has 0 saturated heterocycles. The van der Waals surface area contributed by atoms with Gasteiger partial charge >= 0.3 is 0 Å². The van der Waals surface area contributed by atoms with Gasteiger partial charge in [0.2, 0.25) is 0 Å². The van der Waals surface area contributed by atoms with Gasteiger partial charge < -0.3 is 0 Å². The van der Waals surface area contributed by atoms with Gasteiger partial charge in [0, 0.05) is 12.0 Å². The van der Waals surface area contributed by atoms with Gasteiger partial charge in [-0.3, -0.25) is 4.79 Å². The van der Waals surface area contributed by atoms with Crippen LogP contribution in [0.1, 0.15) is 41.6 Å². The van der Waals surface area contributed by atoms with Gasteiger partial charge in [0.15, 0.2) is 5.78 Å². The second-order valence-corrected chi connectivity index (χ2v) is 5.40. The monoisotopic (exact) mass is 238 g/mol. The highest BCUT2D eigenvalue weighted by Crippen LogP contribution is 2.32. The van der Waals surface area contributed by atoms with Crippen LogP contribution in [0.5, 0.6) is 0 Å². The van der Waals surface area contributed by atoms with Gasteiger partial charge in [0.25, 0.3) is 0 Å². The molecule has 0 radical (unpaired) electrons. The lowest BCUT2D eigenvalue weighted by atomic mass is 9.80. The normalized spacial score (nSPS) is 15.6. The molecule has 0 N–H and O–H groups in total. The van der Waals surface area contributed by atoms with Crippen molar-refractivity contribution in [2.45, 2.75) is 32.6 Å². The average molecular weight is 238 g/mol. The summed E-state index contributed by atoms with van der Waals surface area (Å²) < 4.78 is 0. The molecule has 1 fully saturated rings. The maximum absolute atomic E-state index is 12.5. The minimum atomic E-state index is 0.328. The van der Waals surface area contributed by atoms with E-state index in [9.17, 15) is 4.79 Å². The van der Waals surface area contributed by atoms with E-state index >= 15 is 0 Å². The molecule has 18 heavy (non-hydrogen) atoms. The number of carbonyl (C=O) groups is 1. The molecule has 0 spiro atoms. The molecule has 0 atom stereocenters. The molecule has 3 rings (SSSR count). The van der Waals surface area contributed by atoms with Crippen molar-refractivity contribution >= 4 is 16.6 Å². The van der Waals surface area contributed by atoms with Crippen molar-refractivity contribution in [2.24, 2.45) is 5.92 Å². The number of hydrogen-bond donors (Lipinski definition) is 0. The van der Waals surface area contributed by atoms with Gasteiger partial charge in [-0.05, 0) is 29.2 Å². The minimum absolute atomic E-state index is 0.328. The summed E-state index contributed by atoms with van der Waals surface area (Å²) in [5, 5.41) is 2.28. The van der Waals surface area contributed by atoms with Crippen molar-refractivity contribution in [1.82, 2.24) is 0 Å². The lowest BCUT2D eigenvalue weighted by molar-refractivity contribution is 0.0937. The van der Waals surface area contributed by atoms with E-state index in [0.717, 1.165) is 22.9 Å². The number of carbonyl (C=O) groups excluding carboxylic acids is 1. The van der Waals surface area contributed by atoms with Crippen LogP contribution in [0.3, 0.4) is 0 Å². The van der Waals surface area contributed by atoms with Crippen LogP contribution in [0.15, 0.2) is 36.4 Å². The van der Waals surface area contributed by atoms with Crippen LogP contribution < -0.4 is 0 Å². The molecule has 92 valence electrons. The molecular weight excluding hydrogens is 220 g/mol. The summed E-state index contributed by atoms with van der Waals surface area (Å²) in [6, 6.07) is 12.4. The van der Waals surface area contributed by atoms with E-state index in [0.29, 0.717) is 11.7 Å². The van der Waals surface area contributed by atoms with Gasteiger partial charge in [-0.15, -0.1) is 0 Å². The number of benzene rings is 2. The van der Waals surface area contributed by atoms with Crippen molar-refractivity contribution in [2.75, 3.05) is 0 Å². The predicted octanol–water partition coefficient (Wildman–Crippen LogP) is 4.52. The third-order valence-electron chi connectivity index (χ3n) is 4.12. The van der Waals surface area contributed by atoms with E-state index in [1.165, 1.54) is 24.6 Å². The van der Waals surface area contributed by atoms with E-state index in [2.05, 4.69) is 24.3 Å². The Hall–Kier alpha value is -1.63. The molecule has 2 aromatic rings. The lowest BCUT2D eigenvalue weighted by Crippen LogP contribution is -2.16. The third kappa shape index (κ3) is 1.94. The first-order valence-corrected chi connectivity index (χ1v) is 6.77. The topological polar surface area (TPSA) is 17.1 Å². The van der Waals surface area contributed by atoms with E-state index in [-0.39, 0.29) is 0 Å². The summed E-state index contributed by atoms with van der Waals surface area (Å²) in [7, 11) is 0. The van der Waals surface area contributed by atoms with Crippen LogP contribution in [0.25, 0.3) is 10.8 Å². The van der Waals surface area contributed by atoms with E-state index in [4.69, 9.17) is 0 Å². The molecular formula is C17H18O. The standard InChI is InChI=1S/C17H18O/c1-12-9-10-14-7-2-3-8-15(14)17(12)16(18)11-13-5-4-6-13/h2-3,7-10,13H,4-6,11H2,1H3. The molecule has 0 aliphatic heterocycles. The van der Waals surface area contributed by atoms with Gasteiger partial charge in [-0.2, -0.15) is 0 Å². The molecule has 1 heteroatoms. The Balaban J connectivity index is 2.03. The fourth-order valence-corrected chi connectivity index (χ4v) is 2.81. The summed E-state index contributed by atoms with van der Waals surface area (Å²) in [4.78, 5) is 12.5. The summed E-state index contributed by atoms with van der Waals surface area (Å²) in [6.45, 7) is 2.04. The Morgan fingerprint density at radius 3 is 2.67 bits per heavy atom. The van der Waals surface area contributed by atoms with Crippen LogP contribution in [-0.2, 0) is 0 Å². The fraction of sp³-hybridized carbons (Fsp3) is 0.353. The maximum atomic E-state index is 12.5. The smallest absolute Gasteiger partial charge is 0.164 e. The molecule has 2 aromatic carbocycles. The SMILES string of the molecule is Cc1ccc2ccccc2c1C(=O)CC1CCC1. The molecule has 0 heterocycles. The zero-order chi connectivity index (χ0) is 12.5. The van der Waals surface area contributed by atoms with Crippen molar-refractivity contribution in [3.63, 3.8) is 0 Å². The first-order valence-electron chi connectivity index (χ1n) is 6.77. The summed E-state index contributed by atoms with van der Waals surface area (Å²) >= 11 is 0. The highest BCUT2D eigenvalue weighted by molar-refractivity contribution is 6.09. The number of ketones is 1. The van der Waals surface area contributed by atoms with E-state index < -0.39 is 0 Å². The van der Waals surface area contributed by atoms with Crippen molar-refractivity contribution in [3.8, 4) is 0 Å². The number of rotatable bonds is 3. The highest BCUT2D eigenvalue weighted by atomic mass is 16.1. The van der Waals surface area contributed by atoms with Gasteiger partial charge in [0.05, 0.1) is 0 Å². The fourth-order valence-electron chi connectivity index (χ4n) is 2.81. The Labute approximate surface area is 108 Å². The summed E-state index contributed by atoms with van der Waals surface area (Å²) in [5.41, 5.74) is 2.05. The Bertz CT molecular complexity index is 594. The number of hydrogen-bond acceptors (Lipinski definition) is 1. The molecule has 0 aromatic heterocycles. The lowest BCUT2D eigenvalue weighted by Gasteiger charge is -2.24. The zero-order valence-electron chi connectivity index (χ0n) is 10.8. The molecule has 0 unspecified atom stereocenters. The zero-order valence-corrected chi connectivity index (χ0v) is 10.8. The molecule has 0 bridgehead atoms. The summed E-state index contributed by atoms with van der Waals surface area (Å²) in [5.74, 6) is 0.963. The maximum Gasteiger partial charge on any atom is 0.164 e. The van der Waals surface area contributed by atoms with Gasteiger partial charge in [0.1, 0.15) is 0 Å². The number of fused-ring (bicyclic) bond motifs is 1. The molecule has 1 aliphatic rings. The second kappa shape index (κ2) is 4.56. The number of Topliss-reactive ketones (excluding diaryl/α,β-unsaturated/α-hetero) is 1. The van der Waals surface area contributed by atoms with Crippen LogP contribution in [0.2, 0.25) is 0 Å². The molecule has 1 saturated carbocycles. The van der Waals surface area contributed by atoms with E-state index in [1.807, 2.05) is 19.1 Å².